The van der Waals surface area contributed by atoms with Gasteiger partial charge in [-0.15, -0.1) is 0 Å². The van der Waals surface area contributed by atoms with Crippen molar-refractivity contribution in [3.63, 3.8) is 0 Å². The predicted octanol–water partition coefficient (Wildman–Crippen LogP) is 7.29. The highest BCUT2D eigenvalue weighted by molar-refractivity contribution is 5.74. The summed E-state index contributed by atoms with van der Waals surface area (Å²) in [4.78, 5) is 13.0. The molecule has 0 aromatic heterocycles. The smallest absolute Gasteiger partial charge is 0.315 e. The van der Waals surface area contributed by atoms with E-state index in [1.165, 1.54) is 61.0 Å². The molecule has 3 aliphatic carbocycles. The van der Waals surface area contributed by atoms with Crippen LogP contribution in [0.4, 0.5) is 14.9 Å². The minimum absolute atomic E-state index is 0.0432. The third-order valence-electron chi connectivity index (χ3n) is 9.09. The van der Waals surface area contributed by atoms with E-state index in [1.807, 2.05) is 11.1 Å². The summed E-state index contributed by atoms with van der Waals surface area (Å²) >= 11 is 0. The van der Waals surface area contributed by atoms with Gasteiger partial charge >= 0.3 is 6.03 Å². The molecule has 6 heteroatoms. The number of allylic oxidation sites excluding steroid dienone is 4. The minimum atomic E-state index is -0.231. The zero-order chi connectivity index (χ0) is 26.8. The second kappa shape index (κ2) is 11.3. The van der Waals surface area contributed by atoms with Crippen molar-refractivity contribution in [2.24, 2.45) is 17.8 Å². The molecule has 1 aliphatic heterocycles. The second-order valence-corrected chi connectivity index (χ2v) is 11.6. The molecule has 0 bridgehead atoms. The number of nitrogens with one attached hydrogen (secondary N) is 3. The summed E-state index contributed by atoms with van der Waals surface area (Å²) in [5.74, 6) is 1.05. The maximum atomic E-state index is 13.5. The summed E-state index contributed by atoms with van der Waals surface area (Å²) < 4.78 is 13.5. The van der Waals surface area contributed by atoms with Gasteiger partial charge < -0.3 is 16.1 Å². The van der Waals surface area contributed by atoms with Crippen LogP contribution in [0.25, 0.3) is 0 Å². The first-order valence-electron chi connectivity index (χ1n) is 14.6. The van der Waals surface area contributed by atoms with Gasteiger partial charge in [-0.1, -0.05) is 62.1 Å². The Morgan fingerprint density at radius 3 is 2.59 bits per heavy atom. The molecule has 0 radical (unpaired) electrons. The molecule has 3 N–H and O–H groups in total. The minimum Gasteiger partial charge on any atom is -0.338 e. The quantitative estimate of drug-likeness (QED) is 0.355. The van der Waals surface area contributed by atoms with Crippen LogP contribution >= 0.6 is 0 Å². The number of benzene rings is 2. The van der Waals surface area contributed by atoms with Gasteiger partial charge in [-0.25, -0.2) is 9.18 Å². The monoisotopic (exact) mass is 526 g/mol. The standard InChI is InChI=1S/C33H39FN4O/c1-22-29-21-36-38(28-16-14-27(34)15-17-28)31(29)19-26-13-12-25(32(22)26)18-30(24-10-6-3-7-11-24)37-33(39)35-20-23-8-4-2-5-9-23/h3,6-7,10-11,14-17,19,21-23,25,30,36H,2,4-5,8-9,12-13,18,20H2,1H3,(H2,35,37,39)/t22-,25+,30?/m0/s1. The maximum absolute atomic E-state index is 13.5. The highest BCUT2D eigenvalue weighted by Gasteiger charge is 2.39. The normalized spacial score (nSPS) is 23.4. The summed E-state index contributed by atoms with van der Waals surface area (Å²) in [5, 5.41) is 8.56. The average Bonchev–Trinajstić information content (AvgIpc) is 3.58. The fourth-order valence-corrected chi connectivity index (χ4v) is 7.05. The number of hydrogen-bond acceptors (Lipinski definition) is 3. The lowest BCUT2D eigenvalue weighted by molar-refractivity contribution is 0.230. The first-order chi connectivity index (χ1) is 19.1. The molecule has 5 nitrogen and oxygen atoms in total. The molecule has 4 aliphatic rings. The lowest BCUT2D eigenvalue weighted by atomic mass is 9.78. The number of fused-ring (bicyclic) bond motifs is 1. The zero-order valence-electron chi connectivity index (χ0n) is 22.8. The molecule has 1 unspecified atom stereocenters. The molecular weight excluding hydrogens is 487 g/mol. The van der Waals surface area contributed by atoms with Crippen molar-refractivity contribution in [2.75, 3.05) is 11.6 Å². The molecule has 2 aromatic carbocycles. The fourth-order valence-electron chi connectivity index (χ4n) is 7.05. The molecule has 1 heterocycles. The molecule has 1 saturated carbocycles. The van der Waals surface area contributed by atoms with E-state index in [0.717, 1.165) is 42.8 Å². The van der Waals surface area contributed by atoms with Crippen molar-refractivity contribution in [3.05, 3.63) is 101 Å². The molecule has 204 valence electrons. The lowest BCUT2D eigenvalue weighted by Gasteiger charge is -2.31. The first-order valence-corrected chi connectivity index (χ1v) is 14.6. The SMILES string of the molecule is C[C@H]1C2=CNN(c3ccc(F)cc3)C2=CC2=C1[C@@H](CC(NC(=O)NCC1CCCCC1)c1ccccc1)CC2. The number of amides is 2. The Bertz CT molecular complexity index is 1280. The Morgan fingerprint density at radius 2 is 1.82 bits per heavy atom. The van der Waals surface area contributed by atoms with Crippen molar-refractivity contribution >= 4 is 11.7 Å². The largest absolute Gasteiger partial charge is 0.338 e. The summed E-state index contributed by atoms with van der Waals surface area (Å²) in [5.41, 5.74) is 10.8. The summed E-state index contributed by atoms with van der Waals surface area (Å²) in [7, 11) is 0. The van der Waals surface area contributed by atoms with E-state index >= 15 is 0 Å². The van der Waals surface area contributed by atoms with Crippen LogP contribution in [0, 0.1) is 23.6 Å². The van der Waals surface area contributed by atoms with E-state index < -0.39 is 0 Å². The highest BCUT2D eigenvalue weighted by atomic mass is 19.1. The number of urea groups is 1. The number of carbonyl (C=O) groups excluding carboxylic acids is 1. The Labute approximate surface area is 231 Å². The second-order valence-electron chi connectivity index (χ2n) is 11.6. The van der Waals surface area contributed by atoms with Gasteiger partial charge in [-0.05, 0) is 85.4 Å². The number of hydrazine groups is 1. The number of anilines is 1. The topological polar surface area (TPSA) is 56.4 Å². The molecule has 3 atom stereocenters. The van der Waals surface area contributed by atoms with Gasteiger partial charge in [-0.3, -0.25) is 5.01 Å². The van der Waals surface area contributed by atoms with Crippen molar-refractivity contribution in [2.45, 2.75) is 64.3 Å². The molecular formula is C33H39FN4O. The molecule has 1 fully saturated rings. The number of carbonyl (C=O) groups is 1. The number of hydrogen-bond donors (Lipinski definition) is 3. The highest BCUT2D eigenvalue weighted by Crippen LogP contribution is 2.49. The number of halogens is 1. The van der Waals surface area contributed by atoms with Crippen LogP contribution in [0.15, 0.2) is 89.3 Å². The van der Waals surface area contributed by atoms with Gasteiger partial charge in [0.05, 0.1) is 17.4 Å². The Balaban J connectivity index is 1.19. The van der Waals surface area contributed by atoms with Crippen molar-refractivity contribution in [1.29, 1.82) is 0 Å². The first kappa shape index (κ1) is 25.7. The maximum Gasteiger partial charge on any atom is 0.315 e. The van der Waals surface area contributed by atoms with Crippen LogP contribution in [-0.2, 0) is 0 Å². The van der Waals surface area contributed by atoms with Crippen molar-refractivity contribution < 1.29 is 9.18 Å². The Morgan fingerprint density at radius 1 is 1.05 bits per heavy atom. The summed E-state index contributed by atoms with van der Waals surface area (Å²) in [6, 6.07) is 16.9. The van der Waals surface area contributed by atoms with Gasteiger partial charge in [0, 0.05) is 24.2 Å². The van der Waals surface area contributed by atoms with Gasteiger partial charge in [0.25, 0.3) is 0 Å². The van der Waals surface area contributed by atoms with Gasteiger partial charge in [0.1, 0.15) is 5.82 Å². The van der Waals surface area contributed by atoms with E-state index in [9.17, 15) is 9.18 Å². The third-order valence-corrected chi connectivity index (χ3v) is 9.09. The van der Waals surface area contributed by atoms with Crippen LogP contribution in [0.5, 0.6) is 0 Å². The Kier molecular flexibility index (Phi) is 7.45. The van der Waals surface area contributed by atoms with Crippen LogP contribution in [0.1, 0.15) is 69.9 Å². The lowest BCUT2D eigenvalue weighted by Crippen LogP contribution is -2.41. The van der Waals surface area contributed by atoms with E-state index in [-0.39, 0.29) is 23.8 Å². The molecule has 0 saturated heterocycles. The van der Waals surface area contributed by atoms with Crippen LogP contribution in [0.3, 0.4) is 0 Å². The summed E-state index contributed by atoms with van der Waals surface area (Å²) in [6.07, 6.45) is 13.7. The predicted molar refractivity (Wildman–Crippen MR) is 154 cm³/mol. The van der Waals surface area contributed by atoms with Crippen LogP contribution in [-0.4, -0.2) is 12.6 Å². The fraction of sp³-hybridized carbons (Fsp3) is 0.424. The van der Waals surface area contributed by atoms with Gasteiger partial charge in [0.15, 0.2) is 0 Å². The van der Waals surface area contributed by atoms with E-state index in [2.05, 4.69) is 59.5 Å². The molecule has 2 amide bonds. The van der Waals surface area contributed by atoms with Gasteiger partial charge in [0.2, 0.25) is 0 Å². The van der Waals surface area contributed by atoms with Crippen molar-refractivity contribution in [1.82, 2.24) is 16.1 Å². The molecule has 0 spiro atoms. The van der Waals surface area contributed by atoms with E-state index in [4.69, 9.17) is 0 Å². The van der Waals surface area contributed by atoms with Crippen molar-refractivity contribution in [3.8, 4) is 0 Å². The molecule has 39 heavy (non-hydrogen) atoms. The van der Waals surface area contributed by atoms with Crippen LogP contribution in [0.2, 0.25) is 0 Å². The third kappa shape index (κ3) is 5.47. The van der Waals surface area contributed by atoms with E-state index in [0.29, 0.717) is 11.8 Å². The van der Waals surface area contributed by atoms with Gasteiger partial charge in [-0.2, -0.15) is 0 Å². The summed E-state index contributed by atoms with van der Waals surface area (Å²) in [6.45, 7) is 3.06. The van der Waals surface area contributed by atoms with Crippen LogP contribution < -0.4 is 21.1 Å². The van der Waals surface area contributed by atoms with E-state index in [1.54, 1.807) is 12.1 Å². The average molecular weight is 527 g/mol. The number of nitrogens with zero attached hydrogens (tertiary/aromatic N) is 1. The zero-order valence-corrected chi connectivity index (χ0v) is 22.8. The Hall–Kier alpha value is -3.54. The molecule has 2 aromatic rings. The number of rotatable bonds is 7. The molecule has 6 rings (SSSR count).